The van der Waals surface area contributed by atoms with Gasteiger partial charge in [-0.3, -0.25) is 43.7 Å². The van der Waals surface area contributed by atoms with Gasteiger partial charge in [-0.05, 0) is 38.1 Å². The second-order valence-electron chi connectivity index (χ2n) is 10.00. The first-order chi connectivity index (χ1) is 20.2. The summed E-state index contributed by atoms with van der Waals surface area (Å²) in [6.45, 7) is 2.07. The van der Waals surface area contributed by atoms with E-state index >= 15 is 0 Å². The number of hydrogen-bond donors (Lipinski definition) is 0. The number of Topliss-reactive ketones (excluding diaryl/α,β-unsaturated/α-hetero) is 1. The van der Waals surface area contributed by atoms with Crippen LogP contribution in [0.5, 0.6) is 0 Å². The first-order valence-electron chi connectivity index (χ1n) is 13.5. The minimum absolute atomic E-state index is 0.0751. The summed E-state index contributed by atoms with van der Waals surface area (Å²) in [5.74, 6) is -3.97. The lowest BCUT2D eigenvalue weighted by atomic mass is 9.54. The van der Waals surface area contributed by atoms with Crippen molar-refractivity contribution in [3.05, 3.63) is 60.2 Å². The summed E-state index contributed by atoms with van der Waals surface area (Å²) >= 11 is 0. The number of ether oxygens (including phenoxy) is 4. The van der Waals surface area contributed by atoms with Gasteiger partial charge in [0, 0.05) is 25.5 Å². The molecule has 42 heavy (non-hydrogen) atoms. The van der Waals surface area contributed by atoms with Crippen molar-refractivity contribution in [2.75, 3.05) is 53.6 Å². The van der Waals surface area contributed by atoms with Crippen molar-refractivity contribution in [2.45, 2.75) is 25.9 Å². The average molecular weight is 583 g/mol. The van der Waals surface area contributed by atoms with Crippen molar-refractivity contribution >= 4 is 29.7 Å². The SMILES string of the molecule is CCOC(=O)CN1C[C@]2(C(=O)OC)C(=O)[C@](C(=O)OC)(C1)C(c1ccccn1)N(CC(=O)OCC)C2c1ccccn1. The van der Waals surface area contributed by atoms with Crippen LogP contribution in [0.2, 0.25) is 0 Å². The minimum atomic E-state index is -2.13. The maximum Gasteiger partial charge on any atom is 0.322 e. The largest absolute Gasteiger partial charge is 0.468 e. The molecule has 2 fully saturated rings. The zero-order valence-corrected chi connectivity index (χ0v) is 24.0. The number of rotatable bonds is 10. The van der Waals surface area contributed by atoms with E-state index in [0.717, 1.165) is 14.2 Å². The molecular formula is C29H34N4O9. The summed E-state index contributed by atoms with van der Waals surface area (Å²) in [4.78, 5) is 80.8. The van der Waals surface area contributed by atoms with Crippen LogP contribution in [0.4, 0.5) is 0 Å². The summed E-state index contributed by atoms with van der Waals surface area (Å²) < 4.78 is 21.0. The molecule has 0 radical (unpaired) electrons. The number of hydrogen-bond acceptors (Lipinski definition) is 13. The summed E-state index contributed by atoms with van der Waals surface area (Å²) in [7, 11) is 2.26. The number of esters is 4. The lowest BCUT2D eigenvalue weighted by molar-refractivity contribution is -0.208. The third kappa shape index (κ3) is 5.13. The Morgan fingerprint density at radius 1 is 0.786 bits per heavy atom. The predicted molar refractivity (Wildman–Crippen MR) is 144 cm³/mol. The van der Waals surface area contributed by atoms with Crippen LogP contribution >= 0.6 is 0 Å². The lowest BCUT2D eigenvalue weighted by Crippen LogP contribution is -2.76. The molecule has 2 aliphatic rings. The van der Waals surface area contributed by atoms with Gasteiger partial charge in [0.1, 0.15) is 0 Å². The Hall–Kier alpha value is -4.23. The Labute approximate surface area is 243 Å². The van der Waals surface area contributed by atoms with Gasteiger partial charge < -0.3 is 18.9 Å². The molecule has 224 valence electrons. The van der Waals surface area contributed by atoms with E-state index < -0.39 is 59.1 Å². The highest BCUT2D eigenvalue weighted by atomic mass is 16.5. The number of ketones is 1. The number of fused-ring (bicyclic) bond motifs is 2. The molecule has 0 aromatic carbocycles. The summed E-state index contributed by atoms with van der Waals surface area (Å²) in [6, 6.07) is 7.44. The minimum Gasteiger partial charge on any atom is -0.468 e. The molecule has 4 atom stereocenters. The van der Waals surface area contributed by atoms with Crippen LogP contribution in [0.3, 0.4) is 0 Å². The van der Waals surface area contributed by atoms with Crippen LogP contribution in [0.25, 0.3) is 0 Å². The zero-order chi connectivity index (χ0) is 30.5. The predicted octanol–water partition coefficient (Wildman–Crippen LogP) is 0.904. The van der Waals surface area contributed by atoms with Gasteiger partial charge in [0.15, 0.2) is 16.6 Å². The number of piperidine rings is 2. The average Bonchev–Trinajstić information content (AvgIpc) is 2.99. The van der Waals surface area contributed by atoms with Crippen molar-refractivity contribution in [1.82, 2.24) is 19.8 Å². The molecule has 13 heteroatoms. The van der Waals surface area contributed by atoms with E-state index in [1.54, 1.807) is 55.1 Å². The fourth-order valence-electron chi connectivity index (χ4n) is 6.30. The van der Waals surface area contributed by atoms with E-state index in [9.17, 15) is 24.0 Å². The molecule has 2 aromatic heterocycles. The molecular weight excluding hydrogens is 548 g/mol. The molecule has 4 heterocycles. The van der Waals surface area contributed by atoms with Crippen molar-refractivity contribution < 1.29 is 42.9 Å². The maximum absolute atomic E-state index is 15.0. The summed E-state index contributed by atoms with van der Waals surface area (Å²) in [6.07, 6.45) is 2.98. The summed E-state index contributed by atoms with van der Waals surface area (Å²) in [5, 5.41) is 0. The van der Waals surface area contributed by atoms with Gasteiger partial charge in [0.25, 0.3) is 0 Å². The van der Waals surface area contributed by atoms with Gasteiger partial charge in [-0.25, -0.2) is 0 Å². The van der Waals surface area contributed by atoms with E-state index in [1.165, 1.54) is 17.3 Å². The van der Waals surface area contributed by atoms with Crippen LogP contribution in [0, 0.1) is 10.8 Å². The van der Waals surface area contributed by atoms with E-state index in [-0.39, 0.29) is 44.2 Å². The molecule has 0 amide bonds. The zero-order valence-electron chi connectivity index (χ0n) is 24.0. The molecule has 0 aliphatic carbocycles. The fourth-order valence-corrected chi connectivity index (χ4v) is 6.30. The van der Waals surface area contributed by atoms with Gasteiger partial charge >= 0.3 is 23.9 Å². The number of carbonyl (C=O) groups excluding carboxylic acids is 5. The molecule has 2 unspecified atom stereocenters. The third-order valence-corrected chi connectivity index (χ3v) is 7.66. The highest BCUT2D eigenvalue weighted by Crippen LogP contribution is 2.60. The number of carbonyl (C=O) groups is 5. The highest BCUT2D eigenvalue weighted by Gasteiger charge is 2.76. The smallest absolute Gasteiger partial charge is 0.322 e. The number of methoxy groups -OCH3 is 2. The van der Waals surface area contributed by atoms with Crippen LogP contribution in [0.15, 0.2) is 48.8 Å². The molecule has 0 saturated carbocycles. The standard InChI is InChI=1S/C29H34N4O9/c1-5-41-21(34)15-32-17-28(26(37)39-3)23(19-11-7-9-13-30-19)33(16-22(35)42-6-2)24(20-12-8-10-14-31-20)29(18-32,25(28)36)27(38)40-4/h7-14,23-24H,5-6,15-18H2,1-4H3/t23?,24?,28-,29+. The number of aromatic nitrogens is 2. The van der Waals surface area contributed by atoms with Crippen LogP contribution in [0.1, 0.15) is 37.3 Å². The van der Waals surface area contributed by atoms with Crippen molar-refractivity contribution in [1.29, 1.82) is 0 Å². The van der Waals surface area contributed by atoms with Gasteiger partial charge in [-0.15, -0.1) is 0 Å². The molecule has 0 N–H and O–H groups in total. The van der Waals surface area contributed by atoms with E-state index in [2.05, 4.69) is 9.97 Å². The first kappa shape index (κ1) is 30.7. The lowest BCUT2D eigenvalue weighted by Gasteiger charge is -2.60. The quantitative estimate of drug-likeness (QED) is 0.222. The molecule has 2 saturated heterocycles. The number of likely N-dealkylation sites (tertiary alicyclic amines) is 2. The second kappa shape index (κ2) is 12.7. The van der Waals surface area contributed by atoms with Crippen molar-refractivity contribution in [2.24, 2.45) is 10.8 Å². The molecule has 2 bridgehead atoms. The Morgan fingerprint density at radius 2 is 1.24 bits per heavy atom. The second-order valence-corrected chi connectivity index (χ2v) is 10.00. The summed E-state index contributed by atoms with van der Waals surface area (Å²) in [5.41, 5.74) is -3.73. The topological polar surface area (TPSA) is 155 Å². The maximum atomic E-state index is 15.0. The van der Waals surface area contributed by atoms with E-state index in [4.69, 9.17) is 18.9 Å². The molecule has 4 rings (SSSR count). The third-order valence-electron chi connectivity index (χ3n) is 7.66. The van der Waals surface area contributed by atoms with Crippen LogP contribution < -0.4 is 0 Å². The van der Waals surface area contributed by atoms with Crippen LogP contribution in [-0.4, -0.2) is 103 Å². The normalized spacial score (nSPS) is 25.8. The Balaban J connectivity index is 2.10. The van der Waals surface area contributed by atoms with Gasteiger partial charge in [-0.1, -0.05) is 12.1 Å². The van der Waals surface area contributed by atoms with E-state index in [0.29, 0.717) is 0 Å². The highest BCUT2D eigenvalue weighted by molar-refractivity contribution is 6.17. The van der Waals surface area contributed by atoms with Crippen molar-refractivity contribution in [3.63, 3.8) is 0 Å². The number of pyridine rings is 2. The number of nitrogens with zero attached hydrogens (tertiary/aromatic N) is 4. The van der Waals surface area contributed by atoms with Gasteiger partial charge in [0.05, 0.1) is 64.0 Å². The molecule has 2 aliphatic heterocycles. The first-order valence-corrected chi connectivity index (χ1v) is 13.5. The van der Waals surface area contributed by atoms with Crippen LogP contribution in [-0.2, 0) is 42.9 Å². The Kier molecular flexibility index (Phi) is 9.32. The Bertz CT molecular complexity index is 1250. The van der Waals surface area contributed by atoms with E-state index in [1.807, 2.05) is 0 Å². The molecule has 0 spiro atoms. The molecule has 2 aromatic rings. The fraction of sp³-hybridized carbons (Fsp3) is 0.483. The molecule has 13 nitrogen and oxygen atoms in total. The monoisotopic (exact) mass is 582 g/mol. The van der Waals surface area contributed by atoms with Gasteiger partial charge in [-0.2, -0.15) is 0 Å². The van der Waals surface area contributed by atoms with Gasteiger partial charge in [0.2, 0.25) is 0 Å². The van der Waals surface area contributed by atoms with Crippen molar-refractivity contribution in [3.8, 4) is 0 Å². The Morgan fingerprint density at radius 3 is 1.62 bits per heavy atom.